The Balaban J connectivity index is 1.99. The fourth-order valence-electron chi connectivity index (χ4n) is 3.47. The second-order valence-corrected chi connectivity index (χ2v) is 7.26. The first-order valence-electron chi connectivity index (χ1n) is 8.06. The van der Waals surface area contributed by atoms with Crippen molar-refractivity contribution >= 4 is 11.9 Å². The molecule has 0 saturated heterocycles. The van der Waals surface area contributed by atoms with Crippen molar-refractivity contribution < 1.29 is 19.1 Å². The molecule has 0 aromatic carbocycles. The molecule has 23 heavy (non-hydrogen) atoms. The highest BCUT2D eigenvalue weighted by molar-refractivity contribution is 5.91. The Kier molecular flexibility index (Phi) is 3.82. The standard InChI is InChI=1S/C18H23NO4/c1-10(20)22-9-13-14-11-5-7-12(8-6-11)15(14)16(19-13)17(21)23-18(2,3)4/h5,7,11-12,19H,6,8-9H2,1-4H3/t11-,12+/m1/s1. The van der Waals surface area contributed by atoms with Crippen LogP contribution in [0.4, 0.5) is 0 Å². The van der Waals surface area contributed by atoms with Crippen molar-refractivity contribution in [3.05, 3.63) is 34.7 Å². The predicted molar refractivity (Wildman–Crippen MR) is 85.3 cm³/mol. The number of esters is 2. The Morgan fingerprint density at radius 3 is 2.30 bits per heavy atom. The van der Waals surface area contributed by atoms with Gasteiger partial charge in [0, 0.05) is 18.8 Å². The minimum atomic E-state index is -0.547. The van der Waals surface area contributed by atoms with Gasteiger partial charge in [-0.05, 0) is 44.7 Å². The summed E-state index contributed by atoms with van der Waals surface area (Å²) in [7, 11) is 0. The molecule has 1 aromatic heterocycles. The molecule has 5 nitrogen and oxygen atoms in total. The lowest BCUT2D eigenvalue weighted by atomic mass is 9.71. The maximum atomic E-state index is 12.6. The number of H-pyrrole nitrogens is 1. The lowest BCUT2D eigenvalue weighted by Gasteiger charge is -2.32. The zero-order chi connectivity index (χ0) is 16.8. The Morgan fingerprint density at radius 2 is 1.78 bits per heavy atom. The van der Waals surface area contributed by atoms with Gasteiger partial charge in [0.25, 0.3) is 0 Å². The molecule has 5 heteroatoms. The van der Waals surface area contributed by atoms with E-state index < -0.39 is 5.60 Å². The molecule has 0 saturated carbocycles. The van der Waals surface area contributed by atoms with Gasteiger partial charge in [-0.2, -0.15) is 0 Å². The summed E-state index contributed by atoms with van der Waals surface area (Å²) in [5.41, 5.74) is 2.92. The number of hydrogen-bond acceptors (Lipinski definition) is 4. The fraction of sp³-hybridized carbons (Fsp3) is 0.556. The Hall–Kier alpha value is -2.04. The monoisotopic (exact) mass is 317 g/mol. The van der Waals surface area contributed by atoms with Crippen LogP contribution in [0, 0.1) is 0 Å². The molecule has 2 bridgehead atoms. The molecule has 3 aliphatic carbocycles. The zero-order valence-electron chi connectivity index (χ0n) is 14.1. The van der Waals surface area contributed by atoms with Gasteiger partial charge in [0.15, 0.2) is 0 Å². The Labute approximate surface area is 136 Å². The summed E-state index contributed by atoms with van der Waals surface area (Å²) in [6.45, 7) is 7.11. The van der Waals surface area contributed by atoms with Crippen molar-refractivity contribution in [3.63, 3.8) is 0 Å². The smallest absolute Gasteiger partial charge is 0.355 e. The number of nitrogens with one attached hydrogen (secondary N) is 1. The first kappa shape index (κ1) is 15.8. The van der Waals surface area contributed by atoms with Crippen LogP contribution in [0.15, 0.2) is 12.2 Å². The number of ether oxygens (including phenoxy) is 2. The average Bonchev–Trinajstić information content (AvgIpc) is 2.86. The third-order valence-electron chi connectivity index (χ3n) is 4.29. The predicted octanol–water partition coefficient (Wildman–Crippen LogP) is 3.56. The van der Waals surface area contributed by atoms with Crippen LogP contribution in [-0.2, 0) is 20.9 Å². The SMILES string of the molecule is CC(=O)OCc1[nH]c(C(=O)OC(C)(C)C)c2c1[C@@H]1C=C[C@H]2CC1. The van der Waals surface area contributed by atoms with Crippen molar-refractivity contribution in [2.24, 2.45) is 0 Å². The highest BCUT2D eigenvalue weighted by Crippen LogP contribution is 2.48. The summed E-state index contributed by atoms with van der Waals surface area (Å²) < 4.78 is 10.7. The number of carbonyl (C=O) groups excluding carboxylic acids is 2. The molecule has 4 rings (SSSR count). The van der Waals surface area contributed by atoms with Crippen molar-refractivity contribution in [2.45, 2.75) is 64.6 Å². The highest BCUT2D eigenvalue weighted by Gasteiger charge is 2.37. The third kappa shape index (κ3) is 3.05. The summed E-state index contributed by atoms with van der Waals surface area (Å²) in [5.74, 6) is -0.153. The lowest BCUT2D eigenvalue weighted by Crippen LogP contribution is -2.26. The normalized spacial score (nSPS) is 21.9. The van der Waals surface area contributed by atoms with Crippen molar-refractivity contribution in [1.82, 2.24) is 4.98 Å². The molecular weight excluding hydrogens is 294 g/mol. The number of aromatic nitrogens is 1. The molecule has 1 N–H and O–H groups in total. The number of carbonyl (C=O) groups is 2. The Bertz CT molecular complexity index is 678. The molecule has 1 aromatic rings. The number of aromatic amines is 1. The molecule has 0 spiro atoms. The van der Waals surface area contributed by atoms with Crippen LogP contribution in [0.5, 0.6) is 0 Å². The van der Waals surface area contributed by atoms with Crippen LogP contribution in [0.25, 0.3) is 0 Å². The van der Waals surface area contributed by atoms with E-state index in [-0.39, 0.29) is 30.4 Å². The summed E-state index contributed by atoms with van der Waals surface area (Å²) >= 11 is 0. The third-order valence-corrected chi connectivity index (χ3v) is 4.29. The molecule has 0 aliphatic heterocycles. The van der Waals surface area contributed by atoms with E-state index in [9.17, 15) is 9.59 Å². The van der Waals surface area contributed by atoms with E-state index in [1.807, 2.05) is 20.8 Å². The van der Waals surface area contributed by atoms with Gasteiger partial charge in [-0.15, -0.1) is 0 Å². The number of fused-ring (bicyclic) bond motifs is 1. The summed E-state index contributed by atoms with van der Waals surface area (Å²) in [5, 5.41) is 0. The Morgan fingerprint density at radius 1 is 1.17 bits per heavy atom. The maximum absolute atomic E-state index is 12.6. The van der Waals surface area contributed by atoms with Crippen LogP contribution in [0.3, 0.4) is 0 Å². The molecule has 3 aliphatic rings. The van der Waals surface area contributed by atoms with E-state index >= 15 is 0 Å². The van der Waals surface area contributed by atoms with Gasteiger partial charge in [0.1, 0.15) is 17.9 Å². The molecule has 124 valence electrons. The van der Waals surface area contributed by atoms with Crippen molar-refractivity contribution in [1.29, 1.82) is 0 Å². The second kappa shape index (κ2) is 5.55. The van der Waals surface area contributed by atoms with Crippen molar-refractivity contribution in [3.8, 4) is 0 Å². The molecule has 1 heterocycles. The second-order valence-electron chi connectivity index (χ2n) is 7.26. The van der Waals surface area contributed by atoms with E-state index in [1.54, 1.807) is 0 Å². The largest absolute Gasteiger partial charge is 0.459 e. The molecule has 2 atom stereocenters. The van der Waals surface area contributed by atoms with Gasteiger partial charge in [-0.25, -0.2) is 4.79 Å². The fourth-order valence-corrected chi connectivity index (χ4v) is 3.47. The molecular formula is C18H23NO4. The quantitative estimate of drug-likeness (QED) is 0.683. The molecule has 0 radical (unpaired) electrons. The van der Waals surface area contributed by atoms with Gasteiger partial charge in [-0.3, -0.25) is 4.79 Å². The molecule has 0 amide bonds. The van der Waals surface area contributed by atoms with Crippen LogP contribution < -0.4 is 0 Å². The molecule has 0 unspecified atom stereocenters. The maximum Gasteiger partial charge on any atom is 0.355 e. The van der Waals surface area contributed by atoms with Crippen LogP contribution in [0.2, 0.25) is 0 Å². The van der Waals surface area contributed by atoms with Gasteiger partial charge < -0.3 is 14.5 Å². The van der Waals surface area contributed by atoms with Crippen LogP contribution in [-0.4, -0.2) is 22.5 Å². The minimum absolute atomic E-state index is 0.164. The van der Waals surface area contributed by atoms with Gasteiger partial charge in [0.2, 0.25) is 0 Å². The van der Waals surface area contributed by atoms with E-state index in [4.69, 9.17) is 9.47 Å². The van der Waals surface area contributed by atoms with Crippen molar-refractivity contribution in [2.75, 3.05) is 0 Å². The van der Waals surface area contributed by atoms with E-state index in [0.717, 1.165) is 29.7 Å². The topological polar surface area (TPSA) is 68.4 Å². The first-order valence-corrected chi connectivity index (χ1v) is 8.06. The van der Waals surface area contributed by atoms with E-state index in [0.29, 0.717) is 5.69 Å². The zero-order valence-corrected chi connectivity index (χ0v) is 14.1. The van der Waals surface area contributed by atoms with Gasteiger partial charge in [-0.1, -0.05) is 12.2 Å². The van der Waals surface area contributed by atoms with E-state index in [2.05, 4.69) is 17.1 Å². The lowest BCUT2D eigenvalue weighted by molar-refractivity contribution is -0.142. The molecule has 0 fully saturated rings. The van der Waals surface area contributed by atoms with E-state index in [1.165, 1.54) is 6.92 Å². The number of hydrogen-bond donors (Lipinski definition) is 1. The van der Waals surface area contributed by atoms with Gasteiger partial charge >= 0.3 is 11.9 Å². The van der Waals surface area contributed by atoms with Crippen LogP contribution in [0.1, 0.15) is 79.7 Å². The van der Waals surface area contributed by atoms with Crippen LogP contribution >= 0.6 is 0 Å². The average molecular weight is 317 g/mol. The first-order chi connectivity index (χ1) is 10.8. The number of rotatable bonds is 3. The highest BCUT2D eigenvalue weighted by atomic mass is 16.6. The summed E-state index contributed by atoms with van der Waals surface area (Å²) in [6, 6.07) is 0. The number of allylic oxidation sites excluding steroid dienone is 2. The summed E-state index contributed by atoms with van der Waals surface area (Å²) in [4.78, 5) is 26.9. The summed E-state index contributed by atoms with van der Waals surface area (Å²) in [6.07, 6.45) is 6.47. The minimum Gasteiger partial charge on any atom is -0.459 e. The van der Waals surface area contributed by atoms with Gasteiger partial charge in [0.05, 0.1) is 5.69 Å².